The van der Waals surface area contributed by atoms with Gasteiger partial charge in [0.05, 0.1) is 62.8 Å². The SMILES string of the molecule is CC[C@@H](C(=O)NCc1ccc(-c2scnc2C)cc1OC1CC2(CCN(/C(N)=C/C=C(\N)C(=O)Nc3cccc(Sc4cnc(N5CCC(C)CC5)cn4)c3Cl)CC2)C1)N(C)C. The van der Waals surface area contributed by atoms with E-state index in [9.17, 15) is 9.59 Å². The van der Waals surface area contributed by atoms with Crippen molar-refractivity contribution in [2.75, 3.05) is 50.5 Å². The number of carbonyl (C=O) groups is 2. The summed E-state index contributed by atoms with van der Waals surface area (Å²) in [5, 5.41) is 7.08. The number of ether oxygens (including phenoxy) is 1. The molecule has 3 aliphatic rings. The molecule has 1 spiro atoms. The van der Waals surface area contributed by atoms with Crippen molar-refractivity contribution in [3.63, 3.8) is 0 Å². The van der Waals surface area contributed by atoms with Crippen molar-refractivity contribution >= 4 is 58.0 Å². The molecule has 0 unspecified atom stereocenters. The molecule has 1 atom stereocenters. The topological polar surface area (TPSA) is 168 Å². The Morgan fingerprint density at radius 3 is 2.48 bits per heavy atom. The van der Waals surface area contributed by atoms with Crippen LogP contribution in [0.1, 0.15) is 70.1 Å². The Hall–Kier alpha value is -4.83. The number of nitrogens with zero attached hydrogens (tertiary/aromatic N) is 6. The molecule has 3 fully saturated rings. The Morgan fingerprint density at radius 1 is 1.06 bits per heavy atom. The Labute approximate surface area is 378 Å². The van der Waals surface area contributed by atoms with Gasteiger partial charge >= 0.3 is 0 Å². The lowest BCUT2D eigenvalue weighted by Gasteiger charge is -2.52. The maximum Gasteiger partial charge on any atom is 0.271 e. The van der Waals surface area contributed by atoms with E-state index < -0.39 is 5.91 Å². The molecule has 1 saturated carbocycles. The normalized spacial score (nSPS) is 17.9. The van der Waals surface area contributed by atoms with Crippen LogP contribution in [0.5, 0.6) is 5.75 Å². The number of hydrogen-bond acceptors (Lipinski definition) is 13. The number of likely N-dealkylation sites (N-methyl/N-ethyl adjacent to an activating group) is 1. The minimum absolute atomic E-state index is 0.00640. The van der Waals surface area contributed by atoms with Crippen LogP contribution in [0.2, 0.25) is 5.02 Å². The molecule has 2 aromatic carbocycles. The van der Waals surface area contributed by atoms with Crippen molar-refractivity contribution in [2.45, 2.75) is 94.3 Å². The molecule has 4 heterocycles. The summed E-state index contributed by atoms with van der Waals surface area (Å²) >= 11 is 9.76. The molecular formula is C46H59ClN10O3S2. The lowest BCUT2D eigenvalue weighted by atomic mass is 9.61. The number of nitrogens with two attached hydrogens (primary N) is 2. The van der Waals surface area contributed by atoms with Gasteiger partial charge in [0.2, 0.25) is 5.91 Å². The highest BCUT2D eigenvalue weighted by atomic mass is 35.5. The van der Waals surface area contributed by atoms with E-state index in [2.05, 4.69) is 60.5 Å². The number of rotatable bonds is 15. The van der Waals surface area contributed by atoms with E-state index >= 15 is 0 Å². The predicted molar refractivity (Wildman–Crippen MR) is 250 cm³/mol. The zero-order chi connectivity index (χ0) is 44.0. The minimum atomic E-state index is -0.479. The third-order valence-corrected chi connectivity index (χ3v) is 15.0. The number of anilines is 2. The molecule has 2 aromatic heterocycles. The van der Waals surface area contributed by atoms with Crippen LogP contribution >= 0.6 is 34.7 Å². The average molecular weight is 900 g/mol. The van der Waals surface area contributed by atoms with Crippen molar-refractivity contribution < 1.29 is 14.3 Å². The molecule has 2 amide bonds. The average Bonchev–Trinajstić information content (AvgIpc) is 3.69. The Kier molecular flexibility index (Phi) is 14.7. The molecule has 62 heavy (non-hydrogen) atoms. The Balaban J connectivity index is 0.905. The molecule has 2 saturated heterocycles. The lowest BCUT2D eigenvalue weighted by molar-refractivity contribution is -0.125. The standard InChI is InChI=1S/C46H59ClN10O3S2/c1-6-36(55(4)5)45(59)52-25-32-11-10-31(43-30(3)53-28-61-43)22-37(32)60-33-23-46(24-33)16-20-56(21-17-46)39(49)13-12-34(48)44(58)54-35-8-7-9-38(42(35)47)62-41-27-50-40(26-51-41)57-18-14-29(2)15-19-57/h7-13,22,26-29,33,36H,6,14-21,23-25,48-49H2,1-5H3,(H,52,59)(H,54,58)/b34-12-,39-13+/t36-/m0/s1. The van der Waals surface area contributed by atoms with Gasteiger partial charge in [0.25, 0.3) is 5.91 Å². The van der Waals surface area contributed by atoms with Gasteiger partial charge in [-0.25, -0.2) is 15.0 Å². The number of thiazole rings is 1. The van der Waals surface area contributed by atoms with Gasteiger partial charge in [0, 0.05) is 43.2 Å². The highest BCUT2D eigenvalue weighted by Crippen LogP contribution is 2.51. The number of carbonyl (C=O) groups excluding carboxylic acids is 2. The van der Waals surface area contributed by atoms with E-state index in [1.54, 1.807) is 35.8 Å². The van der Waals surface area contributed by atoms with E-state index in [4.69, 9.17) is 27.8 Å². The maximum absolute atomic E-state index is 13.2. The zero-order valence-corrected chi connectivity index (χ0v) is 38.7. The van der Waals surface area contributed by atoms with Gasteiger partial charge in [-0.05, 0) is 113 Å². The third kappa shape index (κ3) is 10.8. The molecule has 0 radical (unpaired) electrons. The van der Waals surface area contributed by atoms with Gasteiger partial charge in [0.1, 0.15) is 16.6 Å². The summed E-state index contributed by atoms with van der Waals surface area (Å²) in [4.78, 5) is 48.1. The quantitative estimate of drug-likeness (QED) is 0.0676. The summed E-state index contributed by atoms with van der Waals surface area (Å²) in [5.74, 6) is 2.51. The van der Waals surface area contributed by atoms with Gasteiger partial charge in [-0.2, -0.15) is 0 Å². The monoisotopic (exact) mass is 898 g/mol. The van der Waals surface area contributed by atoms with Crippen molar-refractivity contribution in [3.8, 4) is 16.2 Å². The van der Waals surface area contributed by atoms with Gasteiger partial charge < -0.3 is 36.6 Å². The Morgan fingerprint density at radius 2 is 1.82 bits per heavy atom. The number of halogens is 1. The van der Waals surface area contributed by atoms with Crippen molar-refractivity contribution in [2.24, 2.45) is 22.8 Å². The second-order valence-electron chi connectivity index (χ2n) is 17.1. The maximum atomic E-state index is 13.2. The molecular weight excluding hydrogens is 840 g/mol. The number of nitrogens with one attached hydrogen (secondary N) is 2. The number of amides is 2. The van der Waals surface area contributed by atoms with Gasteiger partial charge in [-0.1, -0.05) is 55.4 Å². The number of aryl methyl sites for hydroxylation is 1. The largest absolute Gasteiger partial charge is 0.490 e. The second kappa shape index (κ2) is 20.1. The number of hydrogen-bond donors (Lipinski definition) is 4. The summed E-state index contributed by atoms with van der Waals surface area (Å²) < 4.78 is 6.72. The van der Waals surface area contributed by atoms with Gasteiger partial charge in [0.15, 0.2) is 0 Å². The fraction of sp³-hybridized carbons (Fsp3) is 0.457. The number of aromatic nitrogens is 3. The second-order valence-corrected chi connectivity index (χ2v) is 19.4. The van der Waals surface area contributed by atoms with E-state index in [1.807, 2.05) is 56.7 Å². The third-order valence-electron chi connectivity index (χ3n) is 12.5. The molecule has 0 bridgehead atoms. The highest BCUT2D eigenvalue weighted by Gasteiger charge is 2.47. The summed E-state index contributed by atoms with van der Waals surface area (Å²) in [6.07, 6.45) is 13.8. The smallest absolute Gasteiger partial charge is 0.271 e. The number of likely N-dealkylation sites (tertiary alicyclic amines) is 1. The number of allylic oxidation sites excluding steroid dienone is 2. The van der Waals surface area contributed by atoms with E-state index in [0.29, 0.717) is 28.1 Å². The molecule has 7 rings (SSSR count). The minimum Gasteiger partial charge on any atom is -0.490 e. The van der Waals surface area contributed by atoms with E-state index in [1.165, 1.54) is 11.8 Å². The first-order valence-electron chi connectivity index (χ1n) is 21.5. The first-order valence-corrected chi connectivity index (χ1v) is 23.6. The van der Waals surface area contributed by atoms with Crippen LogP contribution in [0.25, 0.3) is 10.4 Å². The molecule has 330 valence electrons. The summed E-state index contributed by atoms with van der Waals surface area (Å²) in [5.41, 5.74) is 18.3. The first kappa shape index (κ1) is 45.2. The van der Waals surface area contributed by atoms with Crippen LogP contribution in [-0.4, -0.2) is 89.0 Å². The van der Waals surface area contributed by atoms with E-state index in [-0.39, 0.29) is 29.2 Å². The van der Waals surface area contributed by atoms with E-state index in [0.717, 1.165) is 115 Å². The van der Waals surface area contributed by atoms with Crippen LogP contribution in [0.15, 0.2) is 87.9 Å². The van der Waals surface area contributed by atoms with Crippen LogP contribution in [-0.2, 0) is 16.1 Å². The van der Waals surface area contributed by atoms with Crippen LogP contribution < -0.4 is 31.7 Å². The van der Waals surface area contributed by atoms with Crippen molar-refractivity contribution in [3.05, 3.63) is 94.3 Å². The summed E-state index contributed by atoms with van der Waals surface area (Å²) in [6, 6.07) is 11.5. The van der Waals surface area contributed by atoms with Gasteiger partial charge in [-0.3, -0.25) is 14.5 Å². The molecule has 6 N–H and O–H groups in total. The molecule has 13 nitrogen and oxygen atoms in total. The van der Waals surface area contributed by atoms with Crippen molar-refractivity contribution in [1.82, 2.24) is 30.1 Å². The fourth-order valence-electron chi connectivity index (χ4n) is 8.54. The molecule has 1 aliphatic carbocycles. The molecule has 4 aromatic rings. The summed E-state index contributed by atoms with van der Waals surface area (Å²) in [7, 11) is 3.85. The zero-order valence-electron chi connectivity index (χ0n) is 36.3. The van der Waals surface area contributed by atoms with Crippen molar-refractivity contribution in [1.29, 1.82) is 0 Å². The highest BCUT2D eigenvalue weighted by molar-refractivity contribution is 7.99. The Bertz CT molecular complexity index is 2260. The van der Waals surface area contributed by atoms with Crippen LogP contribution in [0.4, 0.5) is 11.5 Å². The van der Waals surface area contributed by atoms with Crippen LogP contribution in [0, 0.1) is 18.3 Å². The molecule has 2 aliphatic heterocycles. The number of piperidine rings is 2. The van der Waals surface area contributed by atoms with Gasteiger partial charge in [-0.15, -0.1) is 11.3 Å². The predicted octanol–water partition coefficient (Wildman–Crippen LogP) is 7.81. The lowest BCUT2D eigenvalue weighted by Crippen LogP contribution is -2.51. The first-order chi connectivity index (χ1) is 29.8. The van der Waals surface area contributed by atoms with Crippen LogP contribution in [0.3, 0.4) is 0 Å². The molecule has 16 heteroatoms. The fourth-order valence-corrected chi connectivity index (χ4v) is 10.4. The number of benzene rings is 2. The summed E-state index contributed by atoms with van der Waals surface area (Å²) in [6.45, 7) is 10.3.